The van der Waals surface area contributed by atoms with Crippen molar-refractivity contribution in [2.45, 2.75) is 37.9 Å². The van der Waals surface area contributed by atoms with Crippen molar-refractivity contribution in [2.75, 3.05) is 13.1 Å². The molecule has 144 valence electrons. The van der Waals surface area contributed by atoms with Gasteiger partial charge in [-0.05, 0) is 56.7 Å². The Balaban J connectivity index is 1.83. The molecule has 0 bridgehead atoms. The maximum atomic E-state index is 13.0. The van der Waals surface area contributed by atoms with E-state index in [1.54, 1.807) is 30.3 Å². The lowest BCUT2D eigenvalue weighted by Gasteiger charge is -2.34. The van der Waals surface area contributed by atoms with Gasteiger partial charge in [0.05, 0.1) is 22.7 Å². The van der Waals surface area contributed by atoms with Crippen molar-refractivity contribution in [1.82, 2.24) is 4.31 Å². The molecule has 2 aromatic carbocycles. The van der Waals surface area contributed by atoms with Crippen molar-refractivity contribution in [1.29, 1.82) is 0 Å². The molecule has 0 amide bonds. The highest BCUT2D eigenvalue weighted by molar-refractivity contribution is 7.89. The van der Waals surface area contributed by atoms with Crippen LogP contribution in [0.3, 0.4) is 0 Å². The lowest BCUT2D eigenvalue weighted by molar-refractivity contribution is -0.0440. The van der Waals surface area contributed by atoms with Crippen molar-refractivity contribution >= 4 is 16.0 Å². The number of nitrogens with zero attached hydrogens (tertiary/aromatic N) is 1. The molecule has 0 spiro atoms. The fourth-order valence-corrected chi connectivity index (χ4v) is 4.74. The summed E-state index contributed by atoms with van der Waals surface area (Å²) >= 11 is 0. The number of benzene rings is 2. The monoisotopic (exact) mass is 389 g/mol. The first-order valence-electron chi connectivity index (χ1n) is 8.80. The molecule has 0 unspecified atom stereocenters. The fraction of sp³-hybridized carbons (Fsp3) is 0.350. The number of rotatable bonds is 4. The summed E-state index contributed by atoms with van der Waals surface area (Å²) in [5.74, 6) is -0.176. The molecule has 2 atom stereocenters. The molecular weight excluding hydrogens is 366 g/mol. The Hall–Kier alpha value is -2.22. The number of hydrogen-bond acceptors (Lipinski definition) is 5. The van der Waals surface area contributed by atoms with Crippen LogP contribution in [0.15, 0.2) is 53.4 Å². The molecule has 1 aliphatic heterocycles. The average molecular weight is 389 g/mol. The maximum Gasteiger partial charge on any atom is 0.343 e. The zero-order chi connectivity index (χ0) is 19.6. The van der Waals surface area contributed by atoms with Gasteiger partial charge in [0.2, 0.25) is 10.0 Å². The molecule has 0 aromatic heterocycles. The number of sulfonamides is 1. The van der Waals surface area contributed by atoms with Crippen LogP contribution < -0.4 is 4.74 Å². The summed E-state index contributed by atoms with van der Waals surface area (Å²) in [5, 5.41) is 0. The van der Waals surface area contributed by atoms with Gasteiger partial charge in [0.15, 0.2) is 0 Å². The molecule has 0 aliphatic carbocycles. The first-order valence-corrected chi connectivity index (χ1v) is 10.2. The Labute approximate surface area is 159 Å². The molecule has 27 heavy (non-hydrogen) atoms. The van der Waals surface area contributed by atoms with E-state index in [0.29, 0.717) is 5.75 Å². The minimum absolute atomic E-state index is 0.0718. The van der Waals surface area contributed by atoms with E-state index in [2.05, 4.69) is 0 Å². The molecule has 1 heterocycles. The average Bonchev–Trinajstić information content (AvgIpc) is 2.61. The number of hydrogen-bond donors (Lipinski definition) is 0. The summed E-state index contributed by atoms with van der Waals surface area (Å²) in [6.07, 6.45) is -0.365. The maximum absolute atomic E-state index is 13.0. The SMILES string of the molecule is Cc1cccc(OC(=O)c2cccc(S(=O)(=O)N3C[C@@H](C)O[C@H](C)C3)c2)c1. The van der Waals surface area contributed by atoms with E-state index in [1.165, 1.54) is 16.4 Å². The van der Waals surface area contributed by atoms with E-state index in [9.17, 15) is 13.2 Å². The predicted octanol–water partition coefficient (Wildman–Crippen LogP) is 3.01. The van der Waals surface area contributed by atoms with Crippen LogP contribution in [-0.2, 0) is 14.8 Å². The highest BCUT2D eigenvalue weighted by Crippen LogP contribution is 2.22. The van der Waals surface area contributed by atoms with Crippen molar-refractivity contribution < 1.29 is 22.7 Å². The quantitative estimate of drug-likeness (QED) is 0.594. The van der Waals surface area contributed by atoms with E-state index >= 15 is 0 Å². The van der Waals surface area contributed by atoms with Gasteiger partial charge in [-0.2, -0.15) is 4.31 Å². The van der Waals surface area contributed by atoms with E-state index in [1.807, 2.05) is 26.8 Å². The molecule has 0 radical (unpaired) electrons. The largest absolute Gasteiger partial charge is 0.423 e. The summed E-state index contributed by atoms with van der Waals surface area (Å²) in [6.45, 7) is 6.14. The predicted molar refractivity (Wildman–Crippen MR) is 101 cm³/mol. The van der Waals surface area contributed by atoms with Gasteiger partial charge in [-0.25, -0.2) is 13.2 Å². The third-order valence-corrected chi connectivity index (χ3v) is 6.12. The fourth-order valence-electron chi connectivity index (χ4n) is 3.10. The second-order valence-corrected chi connectivity index (χ2v) is 8.75. The highest BCUT2D eigenvalue weighted by Gasteiger charge is 2.32. The van der Waals surface area contributed by atoms with Gasteiger partial charge in [0.25, 0.3) is 0 Å². The third kappa shape index (κ3) is 4.55. The summed E-state index contributed by atoms with van der Waals surface area (Å²) < 4.78 is 38.3. The zero-order valence-electron chi connectivity index (χ0n) is 15.6. The third-order valence-electron chi connectivity index (χ3n) is 4.29. The van der Waals surface area contributed by atoms with Gasteiger partial charge in [-0.1, -0.05) is 18.2 Å². The standard InChI is InChI=1S/C20H23NO5S/c1-14-6-4-8-18(10-14)26-20(22)17-7-5-9-19(11-17)27(23,24)21-12-15(2)25-16(3)13-21/h4-11,15-16H,12-13H2,1-3H3/t15-,16-/m1/s1. The summed E-state index contributed by atoms with van der Waals surface area (Å²) in [7, 11) is -3.72. The van der Waals surface area contributed by atoms with E-state index < -0.39 is 16.0 Å². The number of carbonyl (C=O) groups excluding carboxylic acids is 1. The van der Waals surface area contributed by atoms with Gasteiger partial charge < -0.3 is 9.47 Å². The Kier molecular flexibility index (Phi) is 5.64. The lowest BCUT2D eigenvalue weighted by atomic mass is 10.2. The minimum atomic E-state index is -3.72. The molecule has 2 aromatic rings. The number of carbonyl (C=O) groups is 1. The zero-order valence-corrected chi connectivity index (χ0v) is 16.4. The Morgan fingerprint density at radius 2 is 1.74 bits per heavy atom. The number of aryl methyl sites for hydroxylation is 1. The minimum Gasteiger partial charge on any atom is -0.423 e. The lowest BCUT2D eigenvalue weighted by Crippen LogP contribution is -2.48. The summed E-state index contributed by atoms with van der Waals surface area (Å²) in [5.41, 5.74) is 1.15. The van der Waals surface area contributed by atoms with Crippen LogP contribution >= 0.6 is 0 Å². The van der Waals surface area contributed by atoms with Crippen molar-refractivity contribution in [2.24, 2.45) is 0 Å². The Morgan fingerprint density at radius 3 is 2.41 bits per heavy atom. The second-order valence-electron chi connectivity index (χ2n) is 6.81. The van der Waals surface area contributed by atoms with Gasteiger partial charge in [0, 0.05) is 13.1 Å². The van der Waals surface area contributed by atoms with Crippen LogP contribution in [0.5, 0.6) is 5.75 Å². The molecule has 7 heteroatoms. The molecular formula is C20H23NO5S. The molecule has 1 aliphatic rings. The normalized spacial score (nSPS) is 21.0. The van der Waals surface area contributed by atoms with Crippen LogP contribution in [0.4, 0.5) is 0 Å². The van der Waals surface area contributed by atoms with Gasteiger partial charge >= 0.3 is 5.97 Å². The molecule has 1 fully saturated rings. The van der Waals surface area contributed by atoms with Crippen LogP contribution in [-0.4, -0.2) is 44.0 Å². The molecule has 1 saturated heterocycles. The highest BCUT2D eigenvalue weighted by atomic mass is 32.2. The van der Waals surface area contributed by atoms with Crippen LogP contribution in [0.25, 0.3) is 0 Å². The van der Waals surface area contributed by atoms with Crippen LogP contribution in [0.2, 0.25) is 0 Å². The van der Waals surface area contributed by atoms with Crippen LogP contribution in [0, 0.1) is 6.92 Å². The second kappa shape index (κ2) is 7.80. The smallest absolute Gasteiger partial charge is 0.343 e. The number of ether oxygens (including phenoxy) is 2. The van der Waals surface area contributed by atoms with Crippen molar-refractivity contribution in [3.63, 3.8) is 0 Å². The Bertz CT molecular complexity index is 931. The van der Waals surface area contributed by atoms with E-state index in [0.717, 1.165) is 5.56 Å². The number of morpholine rings is 1. The van der Waals surface area contributed by atoms with Gasteiger partial charge in [0.1, 0.15) is 5.75 Å². The summed E-state index contributed by atoms with van der Waals surface area (Å²) in [6, 6.07) is 13.1. The van der Waals surface area contributed by atoms with Gasteiger partial charge in [-0.3, -0.25) is 0 Å². The van der Waals surface area contributed by atoms with Gasteiger partial charge in [-0.15, -0.1) is 0 Å². The van der Waals surface area contributed by atoms with Crippen molar-refractivity contribution in [3.8, 4) is 5.75 Å². The van der Waals surface area contributed by atoms with E-state index in [-0.39, 0.29) is 35.8 Å². The molecule has 0 saturated carbocycles. The first kappa shape index (κ1) is 19.5. The van der Waals surface area contributed by atoms with E-state index in [4.69, 9.17) is 9.47 Å². The summed E-state index contributed by atoms with van der Waals surface area (Å²) in [4.78, 5) is 12.5. The molecule has 0 N–H and O–H groups in total. The molecule has 6 nitrogen and oxygen atoms in total. The molecule has 3 rings (SSSR count). The topological polar surface area (TPSA) is 72.9 Å². The first-order chi connectivity index (χ1) is 12.8. The van der Waals surface area contributed by atoms with Crippen LogP contribution in [0.1, 0.15) is 29.8 Å². The number of esters is 1. The Morgan fingerprint density at radius 1 is 1.07 bits per heavy atom. The van der Waals surface area contributed by atoms with Crippen molar-refractivity contribution in [3.05, 3.63) is 59.7 Å².